The summed E-state index contributed by atoms with van der Waals surface area (Å²) in [6.07, 6.45) is 0. The molecule has 1 N–H and O–H groups in total. The summed E-state index contributed by atoms with van der Waals surface area (Å²) in [6.45, 7) is 2.36. The monoisotopic (exact) mass is 393 g/mol. The minimum atomic E-state index is -0.723. The Bertz CT molecular complexity index is 664. The summed E-state index contributed by atoms with van der Waals surface area (Å²) in [6, 6.07) is 6.84. The van der Waals surface area contributed by atoms with E-state index >= 15 is 0 Å². The number of hydrogen-bond donors (Lipinski definition) is 1. The van der Waals surface area contributed by atoms with E-state index in [9.17, 15) is 8.78 Å². The van der Waals surface area contributed by atoms with Crippen molar-refractivity contribution < 1.29 is 8.78 Å². The van der Waals surface area contributed by atoms with E-state index in [0.717, 1.165) is 0 Å². The van der Waals surface area contributed by atoms with Crippen molar-refractivity contribution in [2.24, 2.45) is 0 Å². The van der Waals surface area contributed by atoms with Crippen LogP contribution in [0.1, 0.15) is 24.1 Å². The standard InChI is InChI=1S/C15H12BrCl2F2N/c1-2-21-15(8-4-3-5-10(17)13(8)18)12-11(19)7-6-9(16)14(12)20/h3-7,15,21H,2H2,1H3. The van der Waals surface area contributed by atoms with Gasteiger partial charge in [0, 0.05) is 5.56 Å². The van der Waals surface area contributed by atoms with E-state index in [0.29, 0.717) is 17.1 Å². The number of halogens is 5. The summed E-state index contributed by atoms with van der Waals surface area (Å²) in [7, 11) is 0. The van der Waals surface area contributed by atoms with E-state index in [1.165, 1.54) is 12.1 Å². The number of benzene rings is 2. The molecule has 0 bridgehead atoms. The molecule has 0 amide bonds. The second kappa shape index (κ2) is 7.05. The van der Waals surface area contributed by atoms with Crippen molar-refractivity contribution >= 4 is 39.1 Å². The number of rotatable bonds is 4. The second-order valence-corrected chi connectivity index (χ2v) is 6.03. The molecule has 0 fully saturated rings. The molecule has 2 aromatic rings. The highest BCUT2D eigenvalue weighted by Crippen LogP contribution is 2.36. The molecule has 1 atom stereocenters. The van der Waals surface area contributed by atoms with Crippen LogP contribution in [0.25, 0.3) is 0 Å². The third-order valence-corrected chi connectivity index (χ3v) is 4.51. The van der Waals surface area contributed by atoms with E-state index in [1.807, 2.05) is 6.92 Å². The Balaban J connectivity index is 2.65. The lowest BCUT2D eigenvalue weighted by atomic mass is 9.97. The molecule has 0 saturated heterocycles. The fourth-order valence-corrected chi connectivity index (χ4v) is 2.89. The van der Waals surface area contributed by atoms with Crippen LogP contribution in [0, 0.1) is 11.6 Å². The van der Waals surface area contributed by atoms with Crippen LogP contribution in [0.3, 0.4) is 0 Å². The van der Waals surface area contributed by atoms with Gasteiger partial charge in [0.05, 0.1) is 20.6 Å². The molecule has 21 heavy (non-hydrogen) atoms. The van der Waals surface area contributed by atoms with Gasteiger partial charge in [0.2, 0.25) is 0 Å². The van der Waals surface area contributed by atoms with E-state index in [2.05, 4.69) is 21.2 Å². The Morgan fingerprint density at radius 3 is 2.57 bits per heavy atom. The largest absolute Gasteiger partial charge is 0.306 e. The zero-order valence-electron chi connectivity index (χ0n) is 11.1. The first kappa shape index (κ1) is 16.7. The van der Waals surface area contributed by atoms with Gasteiger partial charge >= 0.3 is 0 Å². The highest BCUT2D eigenvalue weighted by molar-refractivity contribution is 9.10. The molecular weight excluding hydrogens is 383 g/mol. The van der Waals surface area contributed by atoms with Crippen LogP contribution in [0.2, 0.25) is 10.0 Å². The third kappa shape index (κ3) is 3.39. The molecule has 0 aromatic heterocycles. The maximum Gasteiger partial charge on any atom is 0.145 e. The summed E-state index contributed by atoms with van der Waals surface area (Å²) in [4.78, 5) is 0. The number of hydrogen-bond acceptors (Lipinski definition) is 1. The Morgan fingerprint density at radius 1 is 1.19 bits per heavy atom. The van der Waals surface area contributed by atoms with Gasteiger partial charge in [0.15, 0.2) is 0 Å². The minimum Gasteiger partial charge on any atom is -0.306 e. The van der Waals surface area contributed by atoms with Crippen molar-refractivity contribution in [1.29, 1.82) is 0 Å². The van der Waals surface area contributed by atoms with Crippen molar-refractivity contribution in [2.45, 2.75) is 13.0 Å². The summed E-state index contributed by atoms with van der Waals surface area (Å²) < 4.78 is 28.7. The van der Waals surface area contributed by atoms with Gasteiger partial charge in [-0.2, -0.15) is 0 Å². The lowest BCUT2D eigenvalue weighted by Crippen LogP contribution is -2.24. The average molecular weight is 395 g/mol. The summed E-state index contributed by atoms with van der Waals surface area (Å²) in [5.74, 6) is -1.30. The van der Waals surface area contributed by atoms with Gasteiger partial charge in [0.25, 0.3) is 0 Å². The molecule has 0 aliphatic heterocycles. The highest BCUT2D eigenvalue weighted by atomic mass is 79.9. The van der Waals surface area contributed by atoms with Crippen LogP contribution in [0.5, 0.6) is 0 Å². The maximum absolute atomic E-state index is 14.4. The SMILES string of the molecule is CCNC(c1cccc(Cl)c1Cl)c1c(F)ccc(Br)c1F. The molecule has 1 nitrogen and oxygen atoms in total. The lowest BCUT2D eigenvalue weighted by molar-refractivity contribution is 0.507. The molecule has 0 heterocycles. The van der Waals surface area contributed by atoms with Crippen LogP contribution in [-0.2, 0) is 0 Å². The fourth-order valence-electron chi connectivity index (χ4n) is 2.12. The van der Waals surface area contributed by atoms with Gasteiger partial charge < -0.3 is 5.32 Å². The maximum atomic E-state index is 14.4. The first-order valence-electron chi connectivity index (χ1n) is 6.28. The highest BCUT2D eigenvalue weighted by Gasteiger charge is 2.25. The Labute approximate surface area is 140 Å². The van der Waals surface area contributed by atoms with Gasteiger partial charge in [-0.3, -0.25) is 0 Å². The van der Waals surface area contributed by atoms with Crippen LogP contribution < -0.4 is 5.32 Å². The lowest BCUT2D eigenvalue weighted by Gasteiger charge is -2.22. The van der Waals surface area contributed by atoms with Gasteiger partial charge in [-0.15, -0.1) is 0 Å². The molecule has 0 aliphatic rings. The van der Waals surface area contributed by atoms with Crippen molar-refractivity contribution in [1.82, 2.24) is 5.32 Å². The first-order valence-corrected chi connectivity index (χ1v) is 7.83. The number of nitrogens with one attached hydrogen (secondary N) is 1. The Morgan fingerprint density at radius 2 is 1.90 bits per heavy atom. The summed E-state index contributed by atoms with van der Waals surface area (Å²) >= 11 is 15.3. The Hall–Kier alpha value is -0.680. The van der Waals surface area contributed by atoms with E-state index in [1.54, 1.807) is 18.2 Å². The van der Waals surface area contributed by atoms with Crippen molar-refractivity contribution in [3.63, 3.8) is 0 Å². The average Bonchev–Trinajstić information content (AvgIpc) is 2.45. The van der Waals surface area contributed by atoms with Crippen LogP contribution >= 0.6 is 39.1 Å². The molecule has 112 valence electrons. The van der Waals surface area contributed by atoms with E-state index in [-0.39, 0.29) is 15.1 Å². The molecule has 2 aromatic carbocycles. The topological polar surface area (TPSA) is 12.0 Å². The van der Waals surface area contributed by atoms with Gasteiger partial charge in [-0.1, -0.05) is 42.3 Å². The molecule has 0 radical (unpaired) electrons. The predicted molar refractivity (Wildman–Crippen MR) is 86.0 cm³/mol. The summed E-state index contributed by atoms with van der Waals surface area (Å²) in [5.41, 5.74) is 0.442. The zero-order chi connectivity index (χ0) is 15.6. The molecule has 0 spiro atoms. The van der Waals surface area contributed by atoms with E-state index < -0.39 is 17.7 Å². The molecule has 0 aliphatic carbocycles. The van der Waals surface area contributed by atoms with Crippen molar-refractivity contribution in [3.05, 3.63) is 67.6 Å². The van der Waals surface area contributed by atoms with Crippen molar-refractivity contribution in [3.8, 4) is 0 Å². The molecule has 6 heteroatoms. The van der Waals surface area contributed by atoms with Gasteiger partial charge in [0.1, 0.15) is 11.6 Å². The molecule has 1 unspecified atom stereocenters. The van der Waals surface area contributed by atoms with Crippen LogP contribution in [0.4, 0.5) is 8.78 Å². The fraction of sp³-hybridized carbons (Fsp3) is 0.200. The zero-order valence-corrected chi connectivity index (χ0v) is 14.2. The van der Waals surface area contributed by atoms with Crippen LogP contribution in [-0.4, -0.2) is 6.54 Å². The minimum absolute atomic E-state index is 0.0876. The van der Waals surface area contributed by atoms with Crippen molar-refractivity contribution in [2.75, 3.05) is 6.54 Å². The third-order valence-electron chi connectivity index (χ3n) is 3.07. The van der Waals surface area contributed by atoms with E-state index in [4.69, 9.17) is 23.2 Å². The smallest absolute Gasteiger partial charge is 0.145 e. The van der Waals surface area contributed by atoms with Gasteiger partial charge in [-0.25, -0.2) is 8.78 Å². The van der Waals surface area contributed by atoms with Crippen LogP contribution in [0.15, 0.2) is 34.8 Å². The second-order valence-electron chi connectivity index (χ2n) is 4.39. The first-order chi connectivity index (χ1) is 9.97. The molecular formula is C15H12BrCl2F2N. The van der Waals surface area contributed by atoms with Gasteiger partial charge in [-0.05, 0) is 46.2 Å². The normalized spacial score (nSPS) is 12.5. The Kier molecular flexibility index (Phi) is 5.60. The molecule has 0 saturated carbocycles. The summed E-state index contributed by atoms with van der Waals surface area (Å²) in [5, 5.41) is 3.67. The molecule has 2 rings (SSSR count). The quantitative estimate of drug-likeness (QED) is 0.652. The predicted octanol–water partition coefficient (Wildman–Crippen LogP) is 5.73.